The number of pyridine rings is 1. The zero-order valence-electron chi connectivity index (χ0n) is 17.7. The molecule has 0 saturated carbocycles. The number of morpholine rings is 2. The highest BCUT2D eigenvalue weighted by molar-refractivity contribution is 7.20. The summed E-state index contributed by atoms with van der Waals surface area (Å²) in [5.74, 6) is -0.106. The Kier molecular flexibility index (Phi) is 7.13. The summed E-state index contributed by atoms with van der Waals surface area (Å²) in [6, 6.07) is 3.78. The highest BCUT2D eigenvalue weighted by atomic mass is 32.1. The van der Waals surface area contributed by atoms with Crippen molar-refractivity contribution in [2.75, 3.05) is 72.7 Å². The number of rotatable bonds is 6. The SMILES string of the molecule is CN(CCO)C(=O)c1sc2ncccc2c1[C@H]1CN(C(=O)CN2CCOCC2)CCO1. The molecule has 0 aliphatic carbocycles. The standard InChI is InChI=1S/C21H28N4O5S/c1-23(5-9-26)21(28)19-18(15-3-2-4-22-20(15)31-19)16-13-25(8-12-30-16)17(27)14-24-6-10-29-11-7-24/h2-4,16,26H,5-14H2,1H3/t16-/m1/s1. The van der Waals surface area contributed by atoms with Crippen molar-refractivity contribution in [1.82, 2.24) is 19.7 Å². The second kappa shape index (κ2) is 10.0. The van der Waals surface area contributed by atoms with Gasteiger partial charge in [0, 0.05) is 50.4 Å². The molecule has 168 valence electrons. The minimum atomic E-state index is -0.401. The van der Waals surface area contributed by atoms with E-state index in [1.807, 2.05) is 17.0 Å². The molecule has 1 atom stereocenters. The first-order valence-corrected chi connectivity index (χ1v) is 11.3. The second-order valence-corrected chi connectivity index (χ2v) is 8.74. The molecule has 4 rings (SSSR count). The van der Waals surface area contributed by atoms with Gasteiger partial charge in [0.05, 0.1) is 39.5 Å². The van der Waals surface area contributed by atoms with Crippen molar-refractivity contribution in [2.24, 2.45) is 0 Å². The van der Waals surface area contributed by atoms with Crippen molar-refractivity contribution in [3.05, 3.63) is 28.8 Å². The van der Waals surface area contributed by atoms with Crippen molar-refractivity contribution in [2.45, 2.75) is 6.10 Å². The van der Waals surface area contributed by atoms with Crippen LogP contribution in [-0.2, 0) is 14.3 Å². The number of aromatic nitrogens is 1. The molecule has 2 fully saturated rings. The number of aliphatic hydroxyl groups is 1. The van der Waals surface area contributed by atoms with Crippen molar-refractivity contribution in [1.29, 1.82) is 0 Å². The van der Waals surface area contributed by atoms with Crippen LogP contribution in [0.1, 0.15) is 21.3 Å². The van der Waals surface area contributed by atoms with E-state index in [0.29, 0.717) is 44.3 Å². The van der Waals surface area contributed by atoms with Gasteiger partial charge < -0.3 is 24.4 Å². The third-order valence-corrected chi connectivity index (χ3v) is 6.80. The van der Waals surface area contributed by atoms with Gasteiger partial charge in [-0.05, 0) is 6.07 Å². The third kappa shape index (κ3) is 4.88. The number of fused-ring (bicyclic) bond motifs is 1. The number of carbonyl (C=O) groups is 2. The quantitative estimate of drug-likeness (QED) is 0.691. The van der Waals surface area contributed by atoms with Gasteiger partial charge in [-0.25, -0.2) is 4.98 Å². The van der Waals surface area contributed by atoms with Crippen LogP contribution in [0.2, 0.25) is 0 Å². The molecule has 4 heterocycles. The van der Waals surface area contributed by atoms with E-state index >= 15 is 0 Å². The van der Waals surface area contributed by atoms with Crippen LogP contribution in [0.15, 0.2) is 18.3 Å². The maximum Gasteiger partial charge on any atom is 0.264 e. The maximum atomic E-state index is 13.1. The molecule has 2 aliphatic heterocycles. The zero-order chi connectivity index (χ0) is 21.8. The highest BCUT2D eigenvalue weighted by Gasteiger charge is 2.33. The smallest absolute Gasteiger partial charge is 0.264 e. The molecule has 31 heavy (non-hydrogen) atoms. The van der Waals surface area contributed by atoms with Gasteiger partial charge in [0.25, 0.3) is 5.91 Å². The lowest BCUT2D eigenvalue weighted by atomic mass is 10.0. The molecular formula is C21H28N4O5S. The molecule has 0 bridgehead atoms. The molecule has 2 aromatic heterocycles. The summed E-state index contributed by atoms with van der Waals surface area (Å²) in [5.41, 5.74) is 0.784. The average Bonchev–Trinajstić information content (AvgIpc) is 3.19. The molecule has 0 unspecified atom stereocenters. The van der Waals surface area contributed by atoms with Crippen molar-refractivity contribution in [3.63, 3.8) is 0 Å². The second-order valence-electron chi connectivity index (χ2n) is 7.74. The zero-order valence-corrected chi connectivity index (χ0v) is 18.5. The van der Waals surface area contributed by atoms with Crippen LogP contribution in [0.5, 0.6) is 0 Å². The summed E-state index contributed by atoms with van der Waals surface area (Å²) in [4.78, 5) is 37.2. The van der Waals surface area contributed by atoms with Gasteiger partial charge in [0.15, 0.2) is 0 Å². The highest BCUT2D eigenvalue weighted by Crippen LogP contribution is 2.37. The molecular weight excluding hydrogens is 420 g/mol. The predicted octanol–water partition coefficient (Wildman–Crippen LogP) is 0.593. The van der Waals surface area contributed by atoms with E-state index in [4.69, 9.17) is 9.47 Å². The Morgan fingerprint density at radius 3 is 2.87 bits per heavy atom. The summed E-state index contributed by atoms with van der Waals surface area (Å²) < 4.78 is 11.4. The van der Waals surface area contributed by atoms with Crippen LogP contribution in [0, 0.1) is 0 Å². The fraction of sp³-hybridized carbons (Fsp3) is 0.571. The first-order chi connectivity index (χ1) is 15.1. The number of hydrogen-bond acceptors (Lipinski definition) is 8. The van der Waals surface area contributed by atoms with Gasteiger partial charge in [-0.1, -0.05) is 6.07 Å². The van der Waals surface area contributed by atoms with Gasteiger partial charge in [0.1, 0.15) is 15.8 Å². The monoisotopic (exact) mass is 448 g/mol. The number of likely N-dealkylation sites (N-methyl/N-ethyl adjacent to an activating group) is 1. The predicted molar refractivity (Wildman–Crippen MR) is 116 cm³/mol. The number of thiophene rings is 1. The molecule has 9 nitrogen and oxygen atoms in total. The molecule has 0 spiro atoms. The van der Waals surface area contributed by atoms with Gasteiger partial charge >= 0.3 is 0 Å². The van der Waals surface area contributed by atoms with Crippen LogP contribution in [0.3, 0.4) is 0 Å². The Balaban J connectivity index is 1.57. The van der Waals surface area contributed by atoms with Crippen molar-refractivity contribution >= 4 is 33.4 Å². The molecule has 1 N–H and O–H groups in total. The molecule has 0 radical (unpaired) electrons. The summed E-state index contributed by atoms with van der Waals surface area (Å²) in [7, 11) is 1.67. The first kappa shape index (κ1) is 22.1. The van der Waals surface area contributed by atoms with Gasteiger partial charge in [-0.15, -0.1) is 11.3 Å². The number of nitrogens with zero attached hydrogens (tertiary/aromatic N) is 4. The lowest BCUT2D eigenvalue weighted by Crippen LogP contribution is -2.48. The average molecular weight is 449 g/mol. The largest absolute Gasteiger partial charge is 0.395 e. The Morgan fingerprint density at radius 1 is 1.29 bits per heavy atom. The molecule has 2 aliphatic rings. The fourth-order valence-corrected chi connectivity index (χ4v) is 5.14. The summed E-state index contributed by atoms with van der Waals surface area (Å²) in [6.45, 7) is 4.68. The summed E-state index contributed by atoms with van der Waals surface area (Å²) >= 11 is 1.33. The number of carbonyl (C=O) groups excluding carboxylic acids is 2. The van der Waals surface area contributed by atoms with E-state index < -0.39 is 6.10 Å². The topological polar surface area (TPSA) is 95.4 Å². The fourth-order valence-electron chi connectivity index (χ4n) is 3.96. The number of amides is 2. The minimum absolute atomic E-state index is 0.0677. The normalized spacial score (nSPS) is 20.2. The number of ether oxygens (including phenoxy) is 2. The molecule has 2 aromatic rings. The van der Waals surface area contributed by atoms with E-state index in [-0.39, 0.29) is 25.0 Å². The Hall–Kier alpha value is -2.11. The van der Waals surface area contributed by atoms with E-state index in [0.717, 1.165) is 28.9 Å². The first-order valence-electron chi connectivity index (χ1n) is 10.5. The minimum Gasteiger partial charge on any atom is -0.395 e. The van der Waals surface area contributed by atoms with Crippen LogP contribution < -0.4 is 0 Å². The van der Waals surface area contributed by atoms with Gasteiger partial charge in [-0.3, -0.25) is 14.5 Å². The third-order valence-electron chi connectivity index (χ3n) is 5.68. The van der Waals surface area contributed by atoms with Crippen LogP contribution >= 0.6 is 11.3 Å². The summed E-state index contributed by atoms with van der Waals surface area (Å²) in [6.07, 6.45) is 1.30. The Morgan fingerprint density at radius 2 is 2.10 bits per heavy atom. The lowest BCUT2D eigenvalue weighted by Gasteiger charge is -2.35. The van der Waals surface area contributed by atoms with Crippen molar-refractivity contribution in [3.8, 4) is 0 Å². The molecule has 2 saturated heterocycles. The van der Waals surface area contributed by atoms with Gasteiger partial charge in [0.2, 0.25) is 5.91 Å². The van der Waals surface area contributed by atoms with E-state index in [1.165, 1.54) is 16.2 Å². The summed E-state index contributed by atoms with van der Waals surface area (Å²) in [5, 5.41) is 10.1. The number of hydrogen-bond donors (Lipinski definition) is 1. The Bertz CT molecular complexity index is 930. The molecule has 10 heteroatoms. The van der Waals surface area contributed by atoms with Crippen LogP contribution in [0.25, 0.3) is 10.2 Å². The number of aliphatic hydroxyl groups excluding tert-OH is 1. The molecule has 2 amide bonds. The van der Waals surface area contributed by atoms with E-state index in [1.54, 1.807) is 13.2 Å². The lowest BCUT2D eigenvalue weighted by molar-refractivity contribution is -0.141. The van der Waals surface area contributed by atoms with Crippen molar-refractivity contribution < 1.29 is 24.2 Å². The van der Waals surface area contributed by atoms with Crippen LogP contribution in [-0.4, -0.2) is 109 Å². The van der Waals surface area contributed by atoms with Gasteiger partial charge in [-0.2, -0.15) is 0 Å². The molecule has 0 aromatic carbocycles. The Labute approximate surface area is 185 Å². The maximum absolute atomic E-state index is 13.1. The van der Waals surface area contributed by atoms with E-state index in [2.05, 4.69) is 9.88 Å². The van der Waals surface area contributed by atoms with Crippen LogP contribution in [0.4, 0.5) is 0 Å². The van der Waals surface area contributed by atoms with E-state index in [9.17, 15) is 14.7 Å².